The molecule has 0 amide bonds. The van der Waals surface area contributed by atoms with Crippen LogP contribution in [0.15, 0.2) is 30.6 Å². The zero-order valence-corrected chi connectivity index (χ0v) is 10.1. The molecule has 0 aliphatic rings. The average molecular weight is 218 g/mol. The summed E-state index contributed by atoms with van der Waals surface area (Å²) in [6.07, 6.45) is 5.17. The van der Waals surface area contributed by atoms with E-state index < -0.39 is 0 Å². The molecule has 0 bridgehead atoms. The molecule has 2 rings (SSSR count). The van der Waals surface area contributed by atoms with Gasteiger partial charge in [-0.05, 0) is 44.3 Å². The van der Waals surface area contributed by atoms with Gasteiger partial charge >= 0.3 is 0 Å². The second-order valence-electron chi connectivity index (χ2n) is 4.26. The fourth-order valence-corrected chi connectivity index (χ4v) is 1.82. The number of methoxy groups -OCH3 is 1. The van der Waals surface area contributed by atoms with E-state index in [1.807, 2.05) is 12.3 Å². The van der Waals surface area contributed by atoms with E-state index in [0.29, 0.717) is 0 Å². The molecule has 3 nitrogen and oxygen atoms in total. The minimum Gasteiger partial charge on any atom is -0.495 e. The summed E-state index contributed by atoms with van der Waals surface area (Å²) in [5.74, 6) is 0.891. The Morgan fingerprint density at radius 2 is 2.06 bits per heavy atom. The van der Waals surface area contributed by atoms with E-state index in [1.165, 1.54) is 11.1 Å². The summed E-state index contributed by atoms with van der Waals surface area (Å²) in [6, 6.07) is 6.30. The van der Waals surface area contributed by atoms with Crippen molar-refractivity contribution in [1.29, 1.82) is 0 Å². The maximum atomic E-state index is 5.20. The number of hydrogen-bond donors (Lipinski definition) is 0. The van der Waals surface area contributed by atoms with E-state index in [0.717, 1.165) is 18.7 Å². The Hall–Kier alpha value is -1.48. The molecule has 0 unspecified atom stereocenters. The van der Waals surface area contributed by atoms with E-state index in [4.69, 9.17) is 4.74 Å². The van der Waals surface area contributed by atoms with Crippen LogP contribution in [0.3, 0.4) is 0 Å². The molecular formula is C13H18N2O. The Bertz CT molecular complexity index is 474. The Morgan fingerprint density at radius 3 is 2.75 bits per heavy atom. The van der Waals surface area contributed by atoms with E-state index in [2.05, 4.69) is 41.7 Å². The van der Waals surface area contributed by atoms with Gasteiger partial charge in [0, 0.05) is 18.3 Å². The molecule has 3 heteroatoms. The van der Waals surface area contributed by atoms with Crippen molar-refractivity contribution in [3.8, 4) is 5.75 Å². The summed E-state index contributed by atoms with van der Waals surface area (Å²) in [5, 5.41) is 0. The van der Waals surface area contributed by atoms with Crippen molar-refractivity contribution in [2.75, 3.05) is 27.7 Å². The first-order valence-corrected chi connectivity index (χ1v) is 5.49. The van der Waals surface area contributed by atoms with Crippen LogP contribution in [0.25, 0.3) is 5.52 Å². The standard InChI is InChI=1S/C13H18N2O/c1-14(2)8-6-11-7-9-15-10-12(16-3)4-5-13(11)15/h4-5,7,9-10H,6,8H2,1-3H3. The number of likely N-dealkylation sites (N-methyl/N-ethyl adjacent to an activating group) is 1. The lowest BCUT2D eigenvalue weighted by atomic mass is 10.2. The maximum absolute atomic E-state index is 5.20. The number of rotatable bonds is 4. The topological polar surface area (TPSA) is 16.9 Å². The number of nitrogens with zero attached hydrogens (tertiary/aromatic N) is 2. The first-order chi connectivity index (χ1) is 7.70. The zero-order valence-electron chi connectivity index (χ0n) is 10.1. The van der Waals surface area contributed by atoms with Crippen LogP contribution in [0.1, 0.15) is 5.56 Å². The van der Waals surface area contributed by atoms with Gasteiger partial charge in [-0.15, -0.1) is 0 Å². The van der Waals surface area contributed by atoms with Crippen LogP contribution in [0.2, 0.25) is 0 Å². The van der Waals surface area contributed by atoms with Crippen molar-refractivity contribution < 1.29 is 4.74 Å². The zero-order chi connectivity index (χ0) is 11.5. The molecule has 0 aliphatic heterocycles. The van der Waals surface area contributed by atoms with Crippen LogP contribution in [0.4, 0.5) is 0 Å². The molecule has 0 aromatic carbocycles. The van der Waals surface area contributed by atoms with Gasteiger partial charge in [0.25, 0.3) is 0 Å². The van der Waals surface area contributed by atoms with E-state index in [9.17, 15) is 0 Å². The molecule has 0 aliphatic carbocycles. The van der Waals surface area contributed by atoms with Crippen LogP contribution < -0.4 is 4.74 Å². The van der Waals surface area contributed by atoms with Crippen LogP contribution in [-0.2, 0) is 6.42 Å². The largest absolute Gasteiger partial charge is 0.495 e. The molecule has 86 valence electrons. The monoisotopic (exact) mass is 218 g/mol. The summed E-state index contributed by atoms with van der Waals surface area (Å²) >= 11 is 0. The molecule has 0 fully saturated rings. The lowest BCUT2D eigenvalue weighted by molar-refractivity contribution is 0.412. The van der Waals surface area contributed by atoms with Gasteiger partial charge in [0.15, 0.2) is 0 Å². The van der Waals surface area contributed by atoms with Crippen molar-refractivity contribution in [3.05, 3.63) is 36.2 Å². The molecule has 0 saturated carbocycles. The van der Waals surface area contributed by atoms with Crippen molar-refractivity contribution in [2.24, 2.45) is 0 Å². The van der Waals surface area contributed by atoms with Gasteiger partial charge in [-0.25, -0.2) is 0 Å². The summed E-state index contributed by atoms with van der Waals surface area (Å²) in [6.45, 7) is 1.08. The average Bonchev–Trinajstić information content (AvgIpc) is 2.68. The highest BCUT2D eigenvalue weighted by Gasteiger charge is 2.03. The molecule has 2 aromatic rings. The summed E-state index contributed by atoms with van der Waals surface area (Å²) in [5.41, 5.74) is 2.65. The molecule has 0 spiro atoms. The summed E-state index contributed by atoms with van der Waals surface area (Å²) < 4.78 is 7.32. The highest BCUT2D eigenvalue weighted by Crippen LogP contribution is 2.18. The third-order valence-corrected chi connectivity index (χ3v) is 2.78. The van der Waals surface area contributed by atoms with Gasteiger partial charge in [-0.1, -0.05) is 0 Å². The number of hydrogen-bond acceptors (Lipinski definition) is 2. The van der Waals surface area contributed by atoms with Crippen molar-refractivity contribution >= 4 is 5.52 Å². The van der Waals surface area contributed by atoms with E-state index in [-0.39, 0.29) is 0 Å². The fraction of sp³-hybridized carbons (Fsp3) is 0.385. The van der Waals surface area contributed by atoms with Crippen LogP contribution in [0, 0.1) is 0 Å². The number of ether oxygens (including phenoxy) is 1. The number of fused-ring (bicyclic) bond motifs is 1. The molecule has 0 atom stereocenters. The van der Waals surface area contributed by atoms with Gasteiger partial charge in [0.1, 0.15) is 5.75 Å². The van der Waals surface area contributed by atoms with Crippen molar-refractivity contribution in [2.45, 2.75) is 6.42 Å². The summed E-state index contributed by atoms with van der Waals surface area (Å²) in [7, 11) is 5.89. The summed E-state index contributed by atoms with van der Waals surface area (Å²) in [4.78, 5) is 2.20. The van der Waals surface area contributed by atoms with Crippen molar-refractivity contribution in [1.82, 2.24) is 9.30 Å². The molecule has 2 aromatic heterocycles. The maximum Gasteiger partial charge on any atom is 0.135 e. The molecule has 0 N–H and O–H groups in total. The molecule has 2 heterocycles. The van der Waals surface area contributed by atoms with Crippen LogP contribution in [-0.4, -0.2) is 37.1 Å². The Balaban J connectivity index is 2.27. The van der Waals surface area contributed by atoms with Crippen molar-refractivity contribution in [3.63, 3.8) is 0 Å². The third-order valence-electron chi connectivity index (χ3n) is 2.78. The Morgan fingerprint density at radius 1 is 1.25 bits per heavy atom. The highest BCUT2D eigenvalue weighted by molar-refractivity contribution is 5.57. The fourth-order valence-electron chi connectivity index (χ4n) is 1.82. The van der Waals surface area contributed by atoms with E-state index >= 15 is 0 Å². The first kappa shape index (κ1) is 11.0. The molecule has 0 saturated heterocycles. The Kier molecular flexibility index (Phi) is 3.15. The van der Waals surface area contributed by atoms with Gasteiger partial charge in [0.05, 0.1) is 13.3 Å². The molecule has 16 heavy (non-hydrogen) atoms. The predicted octanol–water partition coefficient (Wildman–Crippen LogP) is 2.05. The van der Waals surface area contributed by atoms with Gasteiger partial charge in [-0.2, -0.15) is 0 Å². The first-order valence-electron chi connectivity index (χ1n) is 5.49. The van der Waals surface area contributed by atoms with Gasteiger partial charge in [0.2, 0.25) is 0 Å². The van der Waals surface area contributed by atoms with Gasteiger partial charge < -0.3 is 14.0 Å². The molecule has 0 radical (unpaired) electrons. The Labute approximate surface area is 96.2 Å². The second-order valence-corrected chi connectivity index (χ2v) is 4.26. The normalized spacial score (nSPS) is 11.2. The van der Waals surface area contributed by atoms with E-state index in [1.54, 1.807) is 7.11 Å². The minimum atomic E-state index is 0.891. The van der Waals surface area contributed by atoms with Crippen LogP contribution >= 0.6 is 0 Å². The second kappa shape index (κ2) is 4.58. The van der Waals surface area contributed by atoms with Gasteiger partial charge in [-0.3, -0.25) is 0 Å². The third kappa shape index (κ3) is 2.19. The lowest BCUT2D eigenvalue weighted by Gasteiger charge is -2.08. The minimum absolute atomic E-state index is 0.891. The quantitative estimate of drug-likeness (QED) is 0.781. The highest BCUT2D eigenvalue weighted by atomic mass is 16.5. The number of aromatic nitrogens is 1. The SMILES string of the molecule is COc1ccc2c(CCN(C)C)ccn2c1. The number of pyridine rings is 1. The molecular weight excluding hydrogens is 200 g/mol. The van der Waals surface area contributed by atoms with Crippen LogP contribution in [0.5, 0.6) is 5.75 Å². The lowest BCUT2D eigenvalue weighted by Crippen LogP contribution is -2.14. The predicted molar refractivity (Wildman–Crippen MR) is 66.2 cm³/mol. The smallest absolute Gasteiger partial charge is 0.135 e.